The number of ether oxygens (including phenoxy) is 2. The molecule has 3 aromatic rings. The number of thioether (sulfide) groups is 1. The van der Waals surface area contributed by atoms with E-state index in [1.54, 1.807) is 37.7 Å². The van der Waals surface area contributed by atoms with Gasteiger partial charge in [0.25, 0.3) is 11.1 Å². The van der Waals surface area contributed by atoms with Crippen molar-refractivity contribution in [1.82, 2.24) is 9.88 Å². The third-order valence-electron chi connectivity index (χ3n) is 4.76. The fourth-order valence-corrected chi connectivity index (χ4v) is 4.20. The number of halogens is 1. The number of carbonyl (C=O) groups is 2. The summed E-state index contributed by atoms with van der Waals surface area (Å²) in [6.45, 7) is 0.619. The van der Waals surface area contributed by atoms with Crippen molar-refractivity contribution in [1.29, 1.82) is 0 Å². The van der Waals surface area contributed by atoms with Crippen LogP contribution in [0.4, 0.5) is 4.79 Å². The molecule has 32 heavy (non-hydrogen) atoms. The Kier molecular flexibility index (Phi) is 6.92. The van der Waals surface area contributed by atoms with Gasteiger partial charge in [-0.1, -0.05) is 34.1 Å². The Morgan fingerprint density at radius 3 is 2.47 bits per heavy atom. The Balaban J connectivity index is 1.48. The lowest BCUT2D eigenvalue weighted by molar-refractivity contribution is -0.123. The predicted molar refractivity (Wildman–Crippen MR) is 127 cm³/mol. The zero-order chi connectivity index (χ0) is 22.5. The van der Waals surface area contributed by atoms with Crippen LogP contribution in [0.25, 0.3) is 6.08 Å². The number of nitrogens with zero attached hydrogens (tertiary/aromatic N) is 2. The molecular formula is C24H19BrN2O4S. The van der Waals surface area contributed by atoms with Gasteiger partial charge in [0, 0.05) is 16.9 Å². The summed E-state index contributed by atoms with van der Waals surface area (Å²) in [6, 6.07) is 16.7. The Morgan fingerprint density at radius 2 is 1.75 bits per heavy atom. The van der Waals surface area contributed by atoms with E-state index in [1.807, 2.05) is 42.5 Å². The second kappa shape index (κ2) is 10.0. The lowest BCUT2D eigenvalue weighted by atomic mass is 10.1. The molecule has 4 rings (SSSR count). The van der Waals surface area contributed by atoms with E-state index in [1.165, 1.54) is 4.90 Å². The van der Waals surface area contributed by atoms with E-state index < -0.39 is 0 Å². The second-order valence-corrected chi connectivity index (χ2v) is 8.86. The third-order valence-corrected chi connectivity index (χ3v) is 6.19. The fraction of sp³-hybridized carbons (Fsp3) is 0.125. The molecule has 1 saturated heterocycles. The first-order valence-corrected chi connectivity index (χ1v) is 11.3. The summed E-state index contributed by atoms with van der Waals surface area (Å²) in [5.41, 5.74) is 2.62. The van der Waals surface area contributed by atoms with E-state index in [9.17, 15) is 9.59 Å². The average molecular weight is 511 g/mol. The number of rotatable bonds is 7. The number of methoxy groups -OCH3 is 1. The molecule has 1 aromatic heterocycles. The average Bonchev–Trinajstić information content (AvgIpc) is 3.07. The maximum atomic E-state index is 12.8. The third kappa shape index (κ3) is 5.20. The quantitative estimate of drug-likeness (QED) is 0.381. The standard InChI is InChI=1S/C24H19BrN2O4S/c1-30-21-12-18(4-7-20(21)31-15-17-8-10-26-11-9-17)13-22-23(28)27(24(29)32-22)14-16-2-5-19(25)6-3-16/h2-13H,14-15H2,1H3/b22-13-. The Hall–Kier alpha value is -3.10. The molecule has 0 radical (unpaired) electrons. The van der Waals surface area contributed by atoms with Gasteiger partial charge in [0.1, 0.15) is 6.61 Å². The molecule has 1 aliphatic heterocycles. The van der Waals surface area contributed by atoms with Crippen molar-refractivity contribution >= 4 is 44.9 Å². The first kappa shape index (κ1) is 22.1. The molecule has 2 aromatic carbocycles. The van der Waals surface area contributed by atoms with Gasteiger partial charge in [0.05, 0.1) is 18.6 Å². The van der Waals surface area contributed by atoms with E-state index in [2.05, 4.69) is 20.9 Å². The van der Waals surface area contributed by atoms with Crippen molar-refractivity contribution in [2.75, 3.05) is 7.11 Å². The van der Waals surface area contributed by atoms with Gasteiger partial charge in [-0.25, -0.2) is 0 Å². The van der Waals surface area contributed by atoms with Crippen LogP contribution < -0.4 is 9.47 Å². The van der Waals surface area contributed by atoms with Crippen LogP contribution in [0.15, 0.2) is 76.4 Å². The summed E-state index contributed by atoms with van der Waals surface area (Å²) in [7, 11) is 1.56. The molecular weight excluding hydrogens is 492 g/mol. The van der Waals surface area contributed by atoms with E-state index >= 15 is 0 Å². The summed E-state index contributed by atoms with van der Waals surface area (Å²) in [4.78, 5) is 30.9. The molecule has 0 saturated carbocycles. The van der Waals surface area contributed by atoms with Crippen molar-refractivity contribution in [3.63, 3.8) is 0 Å². The van der Waals surface area contributed by atoms with Crippen LogP contribution >= 0.6 is 27.7 Å². The lowest BCUT2D eigenvalue weighted by Gasteiger charge is -2.12. The minimum atomic E-state index is -0.306. The highest BCUT2D eigenvalue weighted by Crippen LogP contribution is 2.35. The van der Waals surface area contributed by atoms with Gasteiger partial charge in [-0.3, -0.25) is 19.5 Å². The number of hydrogen-bond donors (Lipinski definition) is 0. The molecule has 2 amide bonds. The Morgan fingerprint density at radius 1 is 1.00 bits per heavy atom. The topological polar surface area (TPSA) is 68.7 Å². The number of amides is 2. The van der Waals surface area contributed by atoms with E-state index in [0.717, 1.165) is 32.9 Å². The molecule has 6 nitrogen and oxygen atoms in total. The van der Waals surface area contributed by atoms with Crippen molar-refractivity contribution in [2.24, 2.45) is 0 Å². The van der Waals surface area contributed by atoms with Crippen molar-refractivity contribution in [3.05, 3.63) is 93.1 Å². The van der Waals surface area contributed by atoms with Crippen LogP contribution in [0.1, 0.15) is 16.7 Å². The van der Waals surface area contributed by atoms with E-state index in [0.29, 0.717) is 23.0 Å². The minimum absolute atomic E-state index is 0.236. The molecule has 1 fully saturated rings. The van der Waals surface area contributed by atoms with Gasteiger partial charge in [-0.2, -0.15) is 0 Å². The lowest BCUT2D eigenvalue weighted by Crippen LogP contribution is -2.27. The minimum Gasteiger partial charge on any atom is -0.493 e. The number of pyridine rings is 1. The maximum Gasteiger partial charge on any atom is 0.293 e. The summed E-state index contributed by atoms with van der Waals surface area (Å²) < 4.78 is 12.3. The monoisotopic (exact) mass is 510 g/mol. The summed E-state index contributed by atoms with van der Waals surface area (Å²) in [6.07, 6.45) is 5.12. The van der Waals surface area contributed by atoms with Gasteiger partial charge in [-0.05, 0) is 70.9 Å². The SMILES string of the molecule is COc1cc(/C=C2\SC(=O)N(Cc3ccc(Br)cc3)C2=O)ccc1OCc1ccncc1. The largest absolute Gasteiger partial charge is 0.493 e. The summed E-state index contributed by atoms with van der Waals surface area (Å²) in [5, 5.41) is -0.284. The van der Waals surface area contributed by atoms with Gasteiger partial charge < -0.3 is 9.47 Å². The number of imide groups is 1. The first-order chi connectivity index (χ1) is 15.5. The highest BCUT2D eigenvalue weighted by atomic mass is 79.9. The number of carbonyl (C=O) groups excluding carboxylic acids is 2. The van der Waals surface area contributed by atoms with Gasteiger partial charge in [-0.15, -0.1) is 0 Å². The normalized spacial score (nSPS) is 14.8. The summed E-state index contributed by atoms with van der Waals surface area (Å²) >= 11 is 4.32. The Bertz CT molecular complexity index is 1170. The molecule has 162 valence electrons. The van der Waals surface area contributed by atoms with Crippen LogP contribution in [0, 0.1) is 0 Å². The van der Waals surface area contributed by atoms with E-state index in [4.69, 9.17) is 9.47 Å². The van der Waals surface area contributed by atoms with Crippen molar-refractivity contribution in [2.45, 2.75) is 13.2 Å². The molecule has 0 atom stereocenters. The predicted octanol–water partition coefficient (Wildman–Crippen LogP) is 5.67. The second-order valence-electron chi connectivity index (χ2n) is 6.95. The zero-order valence-corrected chi connectivity index (χ0v) is 19.6. The molecule has 1 aliphatic rings. The van der Waals surface area contributed by atoms with Crippen LogP contribution in [0.2, 0.25) is 0 Å². The van der Waals surface area contributed by atoms with Gasteiger partial charge >= 0.3 is 0 Å². The highest BCUT2D eigenvalue weighted by molar-refractivity contribution is 9.10. The van der Waals surface area contributed by atoms with Gasteiger partial charge in [0.2, 0.25) is 0 Å². The number of hydrogen-bond acceptors (Lipinski definition) is 6. The number of benzene rings is 2. The van der Waals surface area contributed by atoms with Crippen LogP contribution in [0.5, 0.6) is 11.5 Å². The maximum absolute atomic E-state index is 12.8. The molecule has 0 bridgehead atoms. The Labute approximate surface area is 198 Å². The zero-order valence-electron chi connectivity index (χ0n) is 17.2. The fourth-order valence-electron chi connectivity index (χ4n) is 3.09. The van der Waals surface area contributed by atoms with Crippen LogP contribution in [0.3, 0.4) is 0 Å². The van der Waals surface area contributed by atoms with Crippen LogP contribution in [-0.2, 0) is 17.9 Å². The summed E-state index contributed by atoms with van der Waals surface area (Å²) in [5.74, 6) is 0.826. The molecule has 0 aliphatic carbocycles. The molecule has 0 N–H and O–H groups in total. The molecule has 2 heterocycles. The van der Waals surface area contributed by atoms with Gasteiger partial charge in [0.15, 0.2) is 11.5 Å². The van der Waals surface area contributed by atoms with E-state index in [-0.39, 0.29) is 17.7 Å². The molecule has 8 heteroatoms. The smallest absolute Gasteiger partial charge is 0.293 e. The van der Waals surface area contributed by atoms with Crippen LogP contribution in [-0.4, -0.2) is 28.1 Å². The highest BCUT2D eigenvalue weighted by Gasteiger charge is 2.35. The van der Waals surface area contributed by atoms with Crippen molar-refractivity contribution in [3.8, 4) is 11.5 Å². The molecule has 0 unspecified atom stereocenters. The first-order valence-electron chi connectivity index (χ1n) is 9.73. The van der Waals surface area contributed by atoms with Crippen molar-refractivity contribution < 1.29 is 19.1 Å². The number of aromatic nitrogens is 1. The molecule has 0 spiro atoms.